The van der Waals surface area contributed by atoms with E-state index in [1.807, 2.05) is 39.8 Å². The van der Waals surface area contributed by atoms with Gasteiger partial charge in [0, 0.05) is 39.3 Å². The van der Waals surface area contributed by atoms with Crippen LogP contribution in [0.1, 0.15) is 33.6 Å². The minimum Gasteiger partial charge on any atom is -0.495 e. The topological polar surface area (TPSA) is 136 Å². The van der Waals surface area contributed by atoms with E-state index >= 15 is 0 Å². The van der Waals surface area contributed by atoms with Crippen molar-refractivity contribution in [2.24, 2.45) is 5.10 Å². The van der Waals surface area contributed by atoms with E-state index in [4.69, 9.17) is 16.3 Å². The minimum atomic E-state index is -4.52. The summed E-state index contributed by atoms with van der Waals surface area (Å²) in [5.41, 5.74) is 8.20. The van der Waals surface area contributed by atoms with Gasteiger partial charge in [0.1, 0.15) is 12.3 Å². The highest BCUT2D eigenvalue weighted by Crippen LogP contribution is 2.35. The summed E-state index contributed by atoms with van der Waals surface area (Å²) in [7, 11) is -3.18. The Kier molecular flexibility index (Phi) is 9.45. The molecule has 0 aliphatic carbocycles. The first-order chi connectivity index (χ1) is 20.7. The number of rotatable bonds is 10. The normalized spacial score (nSPS) is 11.5. The maximum atomic E-state index is 13.9. The van der Waals surface area contributed by atoms with Crippen LogP contribution in [0.5, 0.6) is 5.75 Å². The molecule has 0 atom stereocenters. The number of nitrogens with zero attached hydrogens (tertiary/aromatic N) is 4. The number of ether oxygens (including phenoxy) is 1. The molecule has 1 heterocycles. The molecular formula is C31H32ClN5O6S. The Morgan fingerprint density at radius 2 is 1.77 bits per heavy atom. The molecule has 0 spiro atoms. The van der Waals surface area contributed by atoms with Gasteiger partial charge in [-0.15, -0.1) is 0 Å². The molecule has 3 aromatic carbocycles. The third kappa shape index (κ3) is 6.61. The predicted octanol–water partition coefficient (Wildman–Crippen LogP) is 5.94. The second-order valence-electron chi connectivity index (χ2n) is 10.3. The summed E-state index contributed by atoms with van der Waals surface area (Å²) in [5.74, 6) is -0.647. The number of carbonyl (C=O) groups is 1. The van der Waals surface area contributed by atoms with E-state index < -0.39 is 27.4 Å². The number of nitrogens with one attached hydrogen (secondary N) is 1. The van der Waals surface area contributed by atoms with Crippen LogP contribution in [0.2, 0.25) is 5.02 Å². The van der Waals surface area contributed by atoms with Crippen molar-refractivity contribution in [3.8, 4) is 11.4 Å². The third-order valence-corrected chi connectivity index (χ3v) is 9.11. The second kappa shape index (κ2) is 12.9. The summed E-state index contributed by atoms with van der Waals surface area (Å²) in [6.07, 6.45) is 1.49. The number of aryl methyl sites for hydroxylation is 4. The van der Waals surface area contributed by atoms with Gasteiger partial charge >= 0.3 is 0 Å². The van der Waals surface area contributed by atoms with Crippen LogP contribution >= 0.6 is 11.6 Å². The van der Waals surface area contributed by atoms with Gasteiger partial charge in [0.15, 0.2) is 0 Å². The Bertz CT molecular complexity index is 1900. The Morgan fingerprint density at radius 1 is 1.05 bits per heavy atom. The van der Waals surface area contributed by atoms with Gasteiger partial charge in [0.25, 0.3) is 21.6 Å². The molecule has 1 N–H and O–H groups in total. The van der Waals surface area contributed by atoms with Crippen LogP contribution in [0.3, 0.4) is 0 Å². The molecule has 13 heteroatoms. The lowest BCUT2D eigenvalue weighted by Gasteiger charge is -2.25. The van der Waals surface area contributed by atoms with Gasteiger partial charge in [-0.3, -0.25) is 19.2 Å². The summed E-state index contributed by atoms with van der Waals surface area (Å²) in [6.45, 7) is 8.76. The average molecular weight is 638 g/mol. The number of nitro benzene ring substituents is 1. The number of hydrazone groups is 1. The van der Waals surface area contributed by atoms with Gasteiger partial charge in [-0.05, 0) is 76.6 Å². The number of nitro groups is 1. The van der Waals surface area contributed by atoms with E-state index in [2.05, 4.69) is 27.2 Å². The largest absolute Gasteiger partial charge is 0.495 e. The highest BCUT2D eigenvalue weighted by Gasteiger charge is 2.31. The number of hydrogen-bond acceptors (Lipinski definition) is 7. The van der Waals surface area contributed by atoms with Crippen LogP contribution < -0.4 is 14.5 Å². The average Bonchev–Trinajstić information content (AvgIpc) is 3.23. The van der Waals surface area contributed by atoms with E-state index in [0.717, 1.165) is 44.1 Å². The van der Waals surface area contributed by atoms with Crippen molar-refractivity contribution < 1.29 is 22.9 Å². The molecule has 1 amide bonds. The van der Waals surface area contributed by atoms with Crippen molar-refractivity contribution >= 4 is 45.1 Å². The van der Waals surface area contributed by atoms with Crippen molar-refractivity contribution in [2.75, 3.05) is 18.0 Å². The number of hydrogen-bond donors (Lipinski definition) is 1. The monoisotopic (exact) mass is 637 g/mol. The van der Waals surface area contributed by atoms with Gasteiger partial charge in [-0.2, -0.15) is 5.10 Å². The van der Waals surface area contributed by atoms with Crippen LogP contribution in [0, 0.1) is 44.7 Å². The minimum absolute atomic E-state index is 0.0284. The number of carbonyl (C=O) groups excluding carboxylic acids is 1. The summed E-state index contributed by atoms with van der Waals surface area (Å²) in [6, 6.07) is 15.9. The molecule has 0 aliphatic heterocycles. The Morgan fingerprint density at radius 3 is 2.43 bits per heavy atom. The zero-order valence-corrected chi connectivity index (χ0v) is 26.7. The lowest BCUT2D eigenvalue weighted by Crippen LogP contribution is -2.39. The van der Waals surface area contributed by atoms with Crippen molar-refractivity contribution in [1.29, 1.82) is 0 Å². The van der Waals surface area contributed by atoms with Crippen molar-refractivity contribution in [2.45, 2.75) is 39.5 Å². The first kappa shape index (κ1) is 32.2. The standard InChI is InChI=1S/C31H32ClN5O6S/c1-19-7-11-27(21(3)13-19)36-22(4)14-24(23(36)5)17-33-34-31(38)18-35(29-15-25(32)9-12-30(29)43-6)44(41,42)26-10-8-20(2)28(16-26)37(39)40/h7-17H,18H2,1-6H3,(H,34,38)/b33-17-. The zero-order chi connectivity index (χ0) is 32.3. The van der Waals surface area contributed by atoms with E-state index in [-0.39, 0.29) is 32.6 Å². The quantitative estimate of drug-likeness (QED) is 0.130. The highest BCUT2D eigenvalue weighted by atomic mass is 35.5. The molecule has 0 bridgehead atoms. The Labute approximate surface area is 260 Å². The summed E-state index contributed by atoms with van der Waals surface area (Å²) >= 11 is 6.19. The summed E-state index contributed by atoms with van der Waals surface area (Å²) in [5, 5.41) is 15.8. The molecule has 0 saturated heterocycles. The second-order valence-corrected chi connectivity index (χ2v) is 12.6. The third-order valence-electron chi connectivity index (χ3n) is 7.12. The molecule has 4 aromatic rings. The molecule has 0 saturated carbocycles. The summed E-state index contributed by atoms with van der Waals surface area (Å²) in [4.78, 5) is 23.6. The molecule has 44 heavy (non-hydrogen) atoms. The van der Waals surface area contributed by atoms with Gasteiger partial charge in [0.2, 0.25) is 0 Å². The first-order valence-electron chi connectivity index (χ1n) is 13.4. The lowest BCUT2D eigenvalue weighted by atomic mass is 10.1. The fraction of sp³-hybridized carbons (Fsp3) is 0.226. The first-order valence-corrected chi connectivity index (χ1v) is 15.3. The Hall–Kier alpha value is -4.68. The number of amides is 1. The van der Waals surface area contributed by atoms with Gasteiger partial charge in [-0.1, -0.05) is 35.4 Å². The van der Waals surface area contributed by atoms with E-state index in [1.54, 1.807) is 0 Å². The Balaban J connectivity index is 1.65. The number of anilines is 1. The van der Waals surface area contributed by atoms with E-state index in [1.165, 1.54) is 50.6 Å². The predicted molar refractivity (Wildman–Crippen MR) is 171 cm³/mol. The molecule has 11 nitrogen and oxygen atoms in total. The van der Waals surface area contributed by atoms with E-state index in [0.29, 0.717) is 0 Å². The molecule has 4 rings (SSSR count). The number of methoxy groups -OCH3 is 1. The highest BCUT2D eigenvalue weighted by molar-refractivity contribution is 7.92. The van der Waals surface area contributed by atoms with Gasteiger partial charge in [0.05, 0.1) is 28.8 Å². The van der Waals surface area contributed by atoms with Gasteiger partial charge in [-0.25, -0.2) is 13.8 Å². The SMILES string of the molecule is COc1ccc(Cl)cc1N(CC(=O)N/N=C\c1cc(C)n(-c2ccc(C)cc2C)c1C)S(=O)(=O)c1ccc(C)c([N+](=O)[O-])c1. The molecule has 0 radical (unpaired) electrons. The number of sulfonamides is 1. The zero-order valence-electron chi connectivity index (χ0n) is 25.1. The van der Waals surface area contributed by atoms with Crippen LogP contribution in [0.25, 0.3) is 5.69 Å². The summed E-state index contributed by atoms with van der Waals surface area (Å²) < 4.78 is 36.0. The number of halogens is 1. The maximum Gasteiger partial charge on any atom is 0.273 e. The molecule has 230 valence electrons. The van der Waals surface area contributed by atoms with Crippen LogP contribution in [0.15, 0.2) is 70.7 Å². The van der Waals surface area contributed by atoms with E-state index in [9.17, 15) is 23.3 Å². The molecule has 0 unspecified atom stereocenters. The maximum absolute atomic E-state index is 13.9. The van der Waals surface area contributed by atoms with Crippen molar-refractivity contribution in [3.63, 3.8) is 0 Å². The fourth-order valence-corrected chi connectivity index (χ4v) is 6.53. The van der Waals surface area contributed by atoms with Crippen LogP contribution in [-0.4, -0.2) is 43.7 Å². The van der Waals surface area contributed by atoms with Gasteiger partial charge < -0.3 is 9.30 Å². The number of benzene rings is 3. The lowest BCUT2D eigenvalue weighted by molar-refractivity contribution is -0.385. The smallest absolute Gasteiger partial charge is 0.273 e. The van der Waals surface area contributed by atoms with Crippen LogP contribution in [-0.2, 0) is 14.8 Å². The molecular weight excluding hydrogens is 606 g/mol. The number of aromatic nitrogens is 1. The fourth-order valence-electron chi connectivity index (χ4n) is 4.92. The molecule has 0 aliphatic rings. The van der Waals surface area contributed by atoms with Crippen LogP contribution in [0.4, 0.5) is 11.4 Å². The molecule has 0 fully saturated rings. The van der Waals surface area contributed by atoms with Crippen molar-refractivity contribution in [1.82, 2.24) is 9.99 Å². The molecule has 1 aromatic heterocycles. The van der Waals surface area contributed by atoms with Crippen molar-refractivity contribution in [3.05, 3.63) is 109 Å².